The maximum absolute atomic E-state index is 13.5. The van der Waals surface area contributed by atoms with Gasteiger partial charge < -0.3 is 21.6 Å². The fourth-order valence-electron chi connectivity index (χ4n) is 5.23. The van der Waals surface area contributed by atoms with E-state index in [1.54, 1.807) is 60.7 Å². The monoisotopic (exact) mass is 543 g/mol. The van der Waals surface area contributed by atoms with Crippen LogP contribution in [0.5, 0.6) is 0 Å². The van der Waals surface area contributed by atoms with Gasteiger partial charge in [0.05, 0.1) is 11.0 Å². The van der Waals surface area contributed by atoms with Gasteiger partial charge in [-0.05, 0) is 64.4 Å². The number of benzene rings is 3. The van der Waals surface area contributed by atoms with Crippen molar-refractivity contribution in [1.29, 1.82) is 0 Å². The number of carbonyl (C=O) groups is 2. The number of primary amides is 1. The molecule has 39 heavy (non-hydrogen) atoms. The Bertz CT molecular complexity index is 1620. The topological polar surface area (TPSA) is 139 Å². The van der Waals surface area contributed by atoms with E-state index in [2.05, 4.69) is 4.98 Å². The Kier molecular flexibility index (Phi) is 7.39. The lowest BCUT2D eigenvalue weighted by Gasteiger charge is -2.43. The number of hydrogen-bond acceptors (Lipinski definition) is 4. The molecular formula is C31H30ClN3O4. The maximum Gasteiger partial charge on any atom is 0.336 e. The van der Waals surface area contributed by atoms with Crippen molar-refractivity contribution in [2.75, 3.05) is 5.73 Å². The van der Waals surface area contributed by atoms with Crippen LogP contribution in [0.2, 0.25) is 5.02 Å². The van der Waals surface area contributed by atoms with Crippen LogP contribution in [0.1, 0.15) is 42.3 Å². The molecule has 0 saturated heterocycles. The summed E-state index contributed by atoms with van der Waals surface area (Å²) in [5.41, 5.74) is 13.6. The van der Waals surface area contributed by atoms with Crippen LogP contribution >= 0.6 is 11.6 Å². The standard InChI is InChI=1S/C31H30ClN3O4/c1-30(2,3)31(29(34)39,26-22(14-15-35-27(26)36)24-16-20(32)12-13-25(24)33)17-18-8-10-19(11-9-18)21-6-4-5-7-23(21)28(37)38/h4-16H,17,33H2,1-3H3,(H2,34,39)(H,35,36)(H,37,38). The van der Waals surface area contributed by atoms with Crippen LogP contribution in [0.25, 0.3) is 22.3 Å². The number of anilines is 1. The highest BCUT2D eigenvalue weighted by Crippen LogP contribution is 2.47. The first-order valence-corrected chi connectivity index (χ1v) is 12.7. The average Bonchev–Trinajstić information content (AvgIpc) is 2.88. The molecule has 200 valence electrons. The number of nitrogen functional groups attached to an aromatic ring is 1. The maximum atomic E-state index is 13.5. The molecule has 0 fully saturated rings. The highest BCUT2D eigenvalue weighted by atomic mass is 35.5. The Morgan fingerprint density at radius 3 is 2.21 bits per heavy atom. The fourth-order valence-corrected chi connectivity index (χ4v) is 5.40. The van der Waals surface area contributed by atoms with Crippen LogP contribution in [0.3, 0.4) is 0 Å². The van der Waals surface area contributed by atoms with Crippen LogP contribution in [-0.4, -0.2) is 22.0 Å². The van der Waals surface area contributed by atoms with Gasteiger partial charge in [0.15, 0.2) is 0 Å². The van der Waals surface area contributed by atoms with E-state index in [-0.39, 0.29) is 17.5 Å². The average molecular weight is 544 g/mol. The first-order chi connectivity index (χ1) is 18.4. The van der Waals surface area contributed by atoms with Gasteiger partial charge in [-0.1, -0.05) is 74.8 Å². The smallest absolute Gasteiger partial charge is 0.336 e. The van der Waals surface area contributed by atoms with Gasteiger partial charge in [0.25, 0.3) is 5.56 Å². The van der Waals surface area contributed by atoms with Crippen molar-refractivity contribution in [3.63, 3.8) is 0 Å². The number of pyridine rings is 1. The number of H-pyrrole nitrogens is 1. The number of carboxylic acids is 1. The molecule has 1 amide bonds. The van der Waals surface area contributed by atoms with E-state index < -0.39 is 28.3 Å². The minimum atomic E-state index is -1.45. The number of hydrogen-bond donors (Lipinski definition) is 4. The summed E-state index contributed by atoms with van der Waals surface area (Å²) < 4.78 is 0. The summed E-state index contributed by atoms with van der Waals surface area (Å²) in [6.45, 7) is 5.60. The van der Waals surface area contributed by atoms with E-state index in [1.165, 1.54) is 6.20 Å². The Morgan fingerprint density at radius 2 is 1.59 bits per heavy atom. The molecule has 7 nitrogen and oxygen atoms in total. The lowest BCUT2D eigenvalue weighted by molar-refractivity contribution is -0.127. The molecule has 1 heterocycles. The molecule has 0 saturated carbocycles. The zero-order chi connectivity index (χ0) is 28.5. The zero-order valence-electron chi connectivity index (χ0n) is 21.9. The molecule has 1 aromatic heterocycles. The van der Waals surface area contributed by atoms with Crippen molar-refractivity contribution in [1.82, 2.24) is 4.98 Å². The summed E-state index contributed by atoms with van der Waals surface area (Å²) >= 11 is 6.28. The number of nitrogens with two attached hydrogens (primary N) is 2. The van der Waals surface area contributed by atoms with Crippen LogP contribution in [0.4, 0.5) is 5.69 Å². The van der Waals surface area contributed by atoms with E-state index >= 15 is 0 Å². The second-order valence-corrected chi connectivity index (χ2v) is 11.0. The van der Waals surface area contributed by atoms with Crippen molar-refractivity contribution in [2.45, 2.75) is 32.6 Å². The summed E-state index contributed by atoms with van der Waals surface area (Å²) in [6, 6.07) is 20.7. The minimum absolute atomic E-state index is 0.118. The highest BCUT2D eigenvalue weighted by molar-refractivity contribution is 6.31. The molecule has 3 aromatic carbocycles. The summed E-state index contributed by atoms with van der Waals surface area (Å²) in [7, 11) is 0. The fraction of sp³-hybridized carbons (Fsp3) is 0.194. The number of carboxylic acid groups (broad SMARTS) is 1. The summed E-state index contributed by atoms with van der Waals surface area (Å²) in [5, 5.41) is 10.0. The zero-order valence-corrected chi connectivity index (χ0v) is 22.7. The number of amides is 1. The van der Waals surface area contributed by atoms with Crippen LogP contribution in [0.15, 0.2) is 83.8 Å². The van der Waals surface area contributed by atoms with Gasteiger partial charge in [0, 0.05) is 28.0 Å². The number of halogens is 1. The lowest BCUT2D eigenvalue weighted by atomic mass is 9.58. The van der Waals surface area contributed by atoms with Gasteiger partial charge in [0.1, 0.15) is 0 Å². The molecule has 0 aliphatic rings. The number of rotatable bonds is 7. The van der Waals surface area contributed by atoms with Gasteiger partial charge >= 0.3 is 5.97 Å². The highest BCUT2D eigenvalue weighted by Gasteiger charge is 2.51. The molecular weight excluding hydrogens is 514 g/mol. The molecule has 4 rings (SSSR count). The van der Waals surface area contributed by atoms with Gasteiger partial charge in [-0.25, -0.2) is 4.79 Å². The van der Waals surface area contributed by atoms with Crippen molar-refractivity contribution in [3.8, 4) is 22.3 Å². The molecule has 6 N–H and O–H groups in total. The Balaban J connectivity index is 1.91. The minimum Gasteiger partial charge on any atom is -0.478 e. The first kappa shape index (κ1) is 27.7. The quantitative estimate of drug-likeness (QED) is 0.223. The predicted octanol–water partition coefficient (Wildman–Crippen LogP) is 5.65. The lowest BCUT2D eigenvalue weighted by Crippen LogP contribution is -2.55. The first-order valence-electron chi connectivity index (χ1n) is 12.4. The molecule has 8 heteroatoms. The molecule has 0 aliphatic carbocycles. The third-order valence-corrected chi connectivity index (χ3v) is 7.52. The Labute approximate surface area is 231 Å². The van der Waals surface area contributed by atoms with Gasteiger partial charge in [-0.15, -0.1) is 0 Å². The van der Waals surface area contributed by atoms with Crippen molar-refractivity contribution >= 4 is 29.2 Å². The largest absolute Gasteiger partial charge is 0.478 e. The normalized spacial score (nSPS) is 13.0. The van der Waals surface area contributed by atoms with E-state index in [4.69, 9.17) is 23.1 Å². The second-order valence-electron chi connectivity index (χ2n) is 10.6. The van der Waals surface area contributed by atoms with Crippen molar-refractivity contribution < 1.29 is 14.7 Å². The summed E-state index contributed by atoms with van der Waals surface area (Å²) in [4.78, 5) is 41.5. The van der Waals surface area contributed by atoms with E-state index in [0.29, 0.717) is 33.0 Å². The number of aromatic carboxylic acids is 1. The van der Waals surface area contributed by atoms with Gasteiger partial charge in [0.2, 0.25) is 5.91 Å². The molecule has 0 bridgehead atoms. The molecule has 0 aliphatic heterocycles. The number of aromatic nitrogens is 1. The third kappa shape index (κ3) is 5.05. The number of aromatic amines is 1. The van der Waals surface area contributed by atoms with E-state index in [9.17, 15) is 19.5 Å². The van der Waals surface area contributed by atoms with Gasteiger partial charge in [-0.3, -0.25) is 9.59 Å². The number of nitrogens with one attached hydrogen (secondary N) is 1. The Morgan fingerprint density at radius 1 is 0.923 bits per heavy atom. The molecule has 4 aromatic rings. The van der Waals surface area contributed by atoms with Crippen molar-refractivity contribution in [3.05, 3.63) is 111 Å². The third-order valence-electron chi connectivity index (χ3n) is 7.29. The van der Waals surface area contributed by atoms with Crippen LogP contribution in [0, 0.1) is 5.41 Å². The van der Waals surface area contributed by atoms with Crippen LogP contribution in [-0.2, 0) is 16.6 Å². The summed E-state index contributed by atoms with van der Waals surface area (Å²) in [5.74, 6) is -1.68. The molecule has 0 spiro atoms. The van der Waals surface area contributed by atoms with Crippen LogP contribution < -0.4 is 17.0 Å². The molecule has 1 atom stereocenters. The van der Waals surface area contributed by atoms with Crippen molar-refractivity contribution in [2.24, 2.45) is 11.1 Å². The molecule has 0 radical (unpaired) electrons. The van der Waals surface area contributed by atoms with Gasteiger partial charge in [-0.2, -0.15) is 0 Å². The molecule has 1 unspecified atom stereocenters. The second kappa shape index (κ2) is 10.4. The predicted molar refractivity (Wildman–Crippen MR) is 155 cm³/mol. The van der Waals surface area contributed by atoms with E-state index in [1.807, 2.05) is 32.9 Å². The number of carbonyl (C=O) groups excluding carboxylic acids is 1. The van der Waals surface area contributed by atoms with E-state index in [0.717, 1.165) is 5.56 Å². The summed E-state index contributed by atoms with van der Waals surface area (Å²) in [6.07, 6.45) is 1.62. The SMILES string of the molecule is CC(C)(C)C(Cc1ccc(-c2ccccc2C(=O)O)cc1)(C(N)=O)c1c(-c2cc(Cl)ccc2N)cc[nH]c1=O. The Hall–Kier alpha value is -4.36.